The highest BCUT2D eigenvalue weighted by Gasteiger charge is 2.37. The van der Waals surface area contributed by atoms with E-state index in [4.69, 9.17) is 0 Å². The maximum atomic E-state index is 13.3. The van der Waals surface area contributed by atoms with Gasteiger partial charge in [-0.3, -0.25) is 0 Å². The van der Waals surface area contributed by atoms with Crippen molar-refractivity contribution in [1.29, 1.82) is 0 Å². The summed E-state index contributed by atoms with van der Waals surface area (Å²) in [6, 6.07) is 12.6. The molecule has 0 fully saturated rings. The molecule has 3 rings (SSSR count). The second-order valence-electron chi connectivity index (χ2n) is 5.43. The second kappa shape index (κ2) is 5.16. The molecule has 0 saturated carbocycles. The fourth-order valence-corrected chi connectivity index (χ4v) is 2.52. The third-order valence-corrected chi connectivity index (χ3v) is 3.80. The van der Waals surface area contributed by atoms with Gasteiger partial charge in [-0.15, -0.1) is 0 Å². The van der Waals surface area contributed by atoms with Gasteiger partial charge < -0.3 is 4.57 Å². The summed E-state index contributed by atoms with van der Waals surface area (Å²) in [4.78, 5) is 3.82. The summed E-state index contributed by atoms with van der Waals surface area (Å²) >= 11 is 0. The van der Waals surface area contributed by atoms with Crippen LogP contribution in [0.25, 0.3) is 11.0 Å². The predicted octanol–water partition coefficient (Wildman–Crippen LogP) is 4.72. The van der Waals surface area contributed by atoms with E-state index >= 15 is 0 Å². The summed E-state index contributed by atoms with van der Waals surface area (Å²) in [7, 11) is 0. The molecule has 0 atom stereocenters. The smallest absolute Gasteiger partial charge is 0.316 e. The van der Waals surface area contributed by atoms with Gasteiger partial charge in [0, 0.05) is 6.54 Å². The van der Waals surface area contributed by atoms with Crippen LogP contribution in [0.3, 0.4) is 0 Å². The number of halogens is 3. The number of alkyl halides is 3. The number of hydrogen-bond acceptors (Lipinski definition) is 1. The molecule has 3 aromatic rings. The molecule has 0 saturated heterocycles. The molecule has 0 amide bonds. The van der Waals surface area contributed by atoms with Crippen LogP contribution in [0.15, 0.2) is 42.5 Å². The van der Waals surface area contributed by atoms with Gasteiger partial charge in [0.15, 0.2) is 0 Å². The maximum Gasteiger partial charge on any atom is 0.449 e. The van der Waals surface area contributed by atoms with Crippen molar-refractivity contribution in [3.63, 3.8) is 0 Å². The highest BCUT2D eigenvalue weighted by atomic mass is 19.4. The largest absolute Gasteiger partial charge is 0.449 e. The molecular formula is C17H15F3N2. The van der Waals surface area contributed by atoms with Crippen molar-refractivity contribution < 1.29 is 13.2 Å². The molecule has 1 aromatic heterocycles. The molecule has 1 heterocycles. The highest BCUT2D eigenvalue weighted by Crippen LogP contribution is 2.32. The van der Waals surface area contributed by atoms with Crippen molar-refractivity contribution in [3.8, 4) is 0 Å². The molecule has 0 aliphatic carbocycles. The Bertz CT molecular complexity index is 817. The van der Waals surface area contributed by atoms with Crippen LogP contribution in [0, 0.1) is 13.8 Å². The topological polar surface area (TPSA) is 17.8 Å². The standard InChI is InChI=1S/C17H15F3N2/c1-11-8-14-15(9-12(11)2)22(16(21-14)17(18,19)20)10-13-6-4-3-5-7-13/h3-9H,10H2,1-2H3. The van der Waals surface area contributed by atoms with Crippen molar-refractivity contribution in [2.75, 3.05) is 0 Å². The third-order valence-electron chi connectivity index (χ3n) is 3.80. The minimum Gasteiger partial charge on any atom is -0.316 e. The van der Waals surface area contributed by atoms with Crippen LogP contribution in [0.1, 0.15) is 22.5 Å². The number of nitrogens with zero attached hydrogens (tertiary/aromatic N) is 2. The van der Waals surface area contributed by atoms with Gasteiger partial charge in [-0.25, -0.2) is 4.98 Å². The van der Waals surface area contributed by atoms with Crippen LogP contribution in [0.2, 0.25) is 0 Å². The number of benzene rings is 2. The van der Waals surface area contributed by atoms with E-state index in [-0.39, 0.29) is 6.54 Å². The summed E-state index contributed by atoms with van der Waals surface area (Å²) in [6.07, 6.45) is -4.48. The normalized spacial score (nSPS) is 12.0. The molecule has 114 valence electrons. The van der Waals surface area contributed by atoms with Gasteiger partial charge in [0.05, 0.1) is 11.0 Å². The zero-order valence-corrected chi connectivity index (χ0v) is 12.3. The Balaban J connectivity index is 2.22. The van der Waals surface area contributed by atoms with E-state index in [1.165, 1.54) is 4.57 Å². The van der Waals surface area contributed by atoms with Gasteiger partial charge in [-0.1, -0.05) is 30.3 Å². The van der Waals surface area contributed by atoms with E-state index in [9.17, 15) is 13.2 Å². The lowest BCUT2D eigenvalue weighted by Crippen LogP contribution is -2.15. The third kappa shape index (κ3) is 2.58. The van der Waals surface area contributed by atoms with Crippen molar-refractivity contribution in [2.45, 2.75) is 26.6 Å². The van der Waals surface area contributed by atoms with Crippen LogP contribution in [0.5, 0.6) is 0 Å². The summed E-state index contributed by atoms with van der Waals surface area (Å²) in [5, 5.41) is 0. The molecule has 0 spiro atoms. The minimum atomic E-state index is -4.48. The number of rotatable bonds is 2. The van der Waals surface area contributed by atoms with Gasteiger partial charge in [-0.2, -0.15) is 13.2 Å². The lowest BCUT2D eigenvalue weighted by Gasteiger charge is -2.12. The van der Waals surface area contributed by atoms with Gasteiger partial charge in [0.1, 0.15) is 0 Å². The Morgan fingerprint density at radius 2 is 1.64 bits per heavy atom. The molecule has 22 heavy (non-hydrogen) atoms. The zero-order chi connectivity index (χ0) is 15.9. The number of fused-ring (bicyclic) bond motifs is 1. The van der Waals surface area contributed by atoms with Crippen LogP contribution in [-0.2, 0) is 12.7 Å². The van der Waals surface area contributed by atoms with E-state index in [0.717, 1.165) is 16.7 Å². The Morgan fingerprint density at radius 3 is 2.27 bits per heavy atom. The van der Waals surface area contributed by atoms with Crippen LogP contribution < -0.4 is 0 Å². The molecule has 0 N–H and O–H groups in total. The van der Waals surface area contributed by atoms with Crippen molar-refractivity contribution in [2.24, 2.45) is 0 Å². The van der Waals surface area contributed by atoms with E-state index < -0.39 is 12.0 Å². The Hall–Kier alpha value is -2.30. The number of imidazole rings is 1. The molecule has 0 aliphatic rings. The quantitative estimate of drug-likeness (QED) is 0.670. The molecule has 2 nitrogen and oxygen atoms in total. The average Bonchev–Trinajstić information content (AvgIpc) is 2.79. The summed E-state index contributed by atoms with van der Waals surface area (Å²) in [6.45, 7) is 3.91. The molecule has 5 heteroatoms. The Kier molecular flexibility index (Phi) is 3.43. The fraction of sp³-hybridized carbons (Fsp3) is 0.235. The van der Waals surface area contributed by atoms with E-state index in [1.54, 1.807) is 12.1 Å². The van der Waals surface area contributed by atoms with Crippen molar-refractivity contribution in [1.82, 2.24) is 9.55 Å². The summed E-state index contributed by atoms with van der Waals surface area (Å²) < 4.78 is 41.2. The minimum absolute atomic E-state index is 0.148. The number of aryl methyl sites for hydroxylation is 2. The van der Waals surface area contributed by atoms with Gasteiger partial charge in [-0.05, 0) is 42.7 Å². The van der Waals surface area contributed by atoms with Gasteiger partial charge in [0.2, 0.25) is 5.82 Å². The summed E-state index contributed by atoms with van der Waals surface area (Å²) in [5.74, 6) is -0.851. The second-order valence-corrected chi connectivity index (χ2v) is 5.43. The van der Waals surface area contributed by atoms with Gasteiger partial charge in [0.25, 0.3) is 0 Å². The Labute approximate surface area is 126 Å². The molecular weight excluding hydrogens is 289 g/mol. The van der Waals surface area contributed by atoms with Gasteiger partial charge >= 0.3 is 6.18 Å². The first-order valence-electron chi connectivity index (χ1n) is 6.95. The molecule has 0 aliphatic heterocycles. The molecule has 0 bridgehead atoms. The van der Waals surface area contributed by atoms with Crippen LogP contribution in [-0.4, -0.2) is 9.55 Å². The predicted molar refractivity (Wildman–Crippen MR) is 79.8 cm³/mol. The van der Waals surface area contributed by atoms with E-state index in [1.807, 2.05) is 44.2 Å². The first-order valence-corrected chi connectivity index (χ1v) is 6.95. The SMILES string of the molecule is Cc1cc2nc(C(F)(F)F)n(Cc3ccccc3)c2cc1C. The first kappa shape index (κ1) is 14.6. The monoisotopic (exact) mass is 304 g/mol. The first-order chi connectivity index (χ1) is 10.4. The lowest BCUT2D eigenvalue weighted by atomic mass is 10.1. The highest BCUT2D eigenvalue weighted by molar-refractivity contribution is 5.78. The molecule has 0 radical (unpaired) electrons. The maximum absolute atomic E-state index is 13.3. The fourth-order valence-electron chi connectivity index (χ4n) is 2.52. The van der Waals surface area contributed by atoms with Crippen LogP contribution in [0.4, 0.5) is 13.2 Å². The number of hydrogen-bond donors (Lipinski definition) is 0. The lowest BCUT2D eigenvalue weighted by molar-refractivity contribution is -0.146. The zero-order valence-electron chi connectivity index (χ0n) is 12.3. The molecule has 0 unspecified atom stereocenters. The summed E-state index contributed by atoms with van der Waals surface area (Å²) in [5.41, 5.74) is 3.59. The Morgan fingerprint density at radius 1 is 1.00 bits per heavy atom. The average molecular weight is 304 g/mol. The van der Waals surface area contributed by atoms with E-state index in [0.29, 0.717) is 11.0 Å². The van der Waals surface area contributed by atoms with Crippen molar-refractivity contribution >= 4 is 11.0 Å². The van der Waals surface area contributed by atoms with Crippen molar-refractivity contribution in [3.05, 3.63) is 65.0 Å². The number of aromatic nitrogens is 2. The molecule has 2 aromatic carbocycles. The van der Waals surface area contributed by atoms with E-state index in [2.05, 4.69) is 4.98 Å². The van der Waals surface area contributed by atoms with Crippen LogP contribution >= 0.6 is 0 Å².